The van der Waals surface area contributed by atoms with Crippen LogP contribution >= 0.6 is 27.3 Å². The van der Waals surface area contributed by atoms with Crippen molar-refractivity contribution >= 4 is 71.4 Å². The second-order valence-corrected chi connectivity index (χ2v) is 10.1. The van der Waals surface area contributed by atoms with Crippen molar-refractivity contribution in [2.45, 2.75) is 18.1 Å². The average Bonchev–Trinajstić information content (AvgIpc) is 3.05. The average molecular weight is 524 g/mol. The number of aromatic nitrogens is 1. The molecular weight excluding hydrogens is 506 g/mol. The van der Waals surface area contributed by atoms with Crippen LogP contribution in [-0.2, 0) is 14.8 Å². The van der Waals surface area contributed by atoms with Crippen molar-refractivity contribution in [2.24, 2.45) is 5.73 Å². The molecule has 0 bridgehead atoms. The number of nitrogens with one attached hydrogen (secondary N) is 2. The third-order valence-electron chi connectivity index (χ3n) is 3.98. The molecule has 0 unspecified atom stereocenters. The van der Waals surface area contributed by atoms with Crippen molar-refractivity contribution < 1.29 is 18.0 Å². The van der Waals surface area contributed by atoms with Gasteiger partial charge in [0.25, 0.3) is 10.0 Å². The summed E-state index contributed by atoms with van der Waals surface area (Å²) in [6, 6.07) is 12.5. The normalized spacial score (nSPS) is 11.1. The quantitative estimate of drug-likeness (QED) is 0.445. The summed E-state index contributed by atoms with van der Waals surface area (Å²) in [5.41, 5.74) is 6.70. The molecule has 12 heteroatoms. The molecule has 3 amide bonds. The summed E-state index contributed by atoms with van der Waals surface area (Å²) in [6.07, 6.45) is 0. The monoisotopic (exact) mass is 523 g/mol. The summed E-state index contributed by atoms with van der Waals surface area (Å²) in [6.45, 7) is 2.83. The van der Waals surface area contributed by atoms with Gasteiger partial charge in [-0.1, -0.05) is 35.6 Å². The fourth-order valence-electron chi connectivity index (χ4n) is 2.78. The first-order chi connectivity index (χ1) is 14.6. The van der Waals surface area contributed by atoms with E-state index in [2.05, 4.69) is 31.0 Å². The van der Waals surface area contributed by atoms with E-state index in [1.807, 2.05) is 0 Å². The molecule has 162 valence electrons. The second-order valence-electron chi connectivity index (χ2n) is 6.32. The highest BCUT2D eigenvalue weighted by Gasteiger charge is 2.26. The van der Waals surface area contributed by atoms with Crippen molar-refractivity contribution in [1.82, 2.24) is 4.98 Å². The molecule has 3 aromatic rings. The summed E-state index contributed by atoms with van der Waals surface area (Å²) < 4.78 is 29.2. The number of rotatable bonds is 6. The van der Waals surface area contributed by atoms with Gasteiger partial charge in [-0.3, -0.25) is 14.4 Å². The minimum Gasteiger partial charge on any atom is -0.351 e. The van der Waals surface area contributed by atoms with Gasteiger partial charge in [0.15, 0.2) is 9.34 Å². The number of nitrogens with two attached hydrogens (primary N) is 1. The van der Waals surface area contributed by atoms with Gasteiger partial charge in [-0.25, -0.2) is 18.2 Å². The van der Waals surface area contributed by atoms with Crippen LogP contribution in [0, 0.1) is 6.92 Å². The molecule has 0 aliphatic rings. The molecule has 9 nitrogen and oxygen atoms in total. The van der Waals surface area contributed by atoms with E-state index in [-0.39, 0.29) is 32.3 Å². The topological polar surface area (TPSA) is 134 Å². The van der Waals surface area contributed by atoms with Crippen LogP contribution in [0.5, 0.6) is 0 Å². The number of para-hydroxylation sites is 3. The van der Waals surface area contributed by atoms with E-state index in [0.717, 1.165) is 11.3 Å². The molecule has 3 rings (SSSR count). The maximum absolute atomic E-state index is 13.1. The predicted octanol–water partition coefficient (Wildman–Crippen LogP) is 4.19. The third kappa shape index (κ3) is 5.03. The first kappa shape index (κ1) is 22.7. The number of halogens is 1. The van der Waals surface area contributed by atoms with Gasteiger partial charge >= 0.3 is 6.03 Å². The highest BCUT2D eigenvalue weighted by molar-refractivity contribution is 9.10. The minimum atomic E-state index is -4.07. The van der Waals surface area contributed by atoms with Crippen molar-refractivity contribution in [3.63, 3.8) is 0 Å². The first-order valence-corrected chi connectivity index (χ1v) is 11.9. The lowest BCUT2D eigenvalue weighted by molar-refractivity contribution is -0.114. The number of hydrogen-bond donors (Lipinski definition) is 3. The van der Waals surface area contributed by atoms with Gasteiger partial charge in [0.1, 0.15) is 0 Å². The minimum absolute atomic E-state index is 0.0578. The molecule has 0 aliphatic carbocycles. The van der Waals surface area contributed by atoms with Crippen LogP contribution in [0.3, 0.4) is 0 Å². The van der Waals surface area contributed by atoms with Crippen LogP contribution in [0.2, 0.25) is 0 Å². The molecule has 0 fully saturated rings. The van der Waals surface area contributed by atoms with E-state index >= 15 is 0 Å². The summed E-state index contributed by atoms with van der Waals surface area (Å²) >= 11 is 4.22. The van der Waals surface area contributed by atoms with E-state index in [1.165, 1.54) is 24.8 Å². The molecular formula is C19H18BrN5O4S2. The van der Waals surface area contributed by atoms with E-state index < -0.39 is 16.1 Å². The first-order valence-electron chi connectivity index (χ1n) is 8.81. The highest BCUT2D eigenvalue weighted by atomic mass is 79.9. The Balaban J connectivity index is 2.04. The number of benzene rings is 2. The zero-order valence-electron chi connectivity index (χ0n) is 16.4. The lowest BCUT2D eigenvalue weighted by Crippen LogP contribution is -2.32. The second kappa shape index (κ2) is 9.04. The number of sulfonamides is 1. The lowest BCUT2D eigenvalue weighted by atomic mass is 10.2. The van der Waals surface area contributed by atoms with Crippen molar-refractivity contribution in [3.8, 4) is 0 Å². The molecule has 0 saturated carbocycles. The van der Waals surface area contributed by atoms with Crippen molar-refractivity contribution in [1.29, 1.82) is 0 Å². The zero-order valence-corrected chi connectivity index (χ0v) is 19.6. The third-order valence-corrected chi connectivity index (χ3v) is 7.70. The van der Waals surface area contributed by atoms with Crippen molar-refractivity contribution in [2.75, 3.05) is 14.9 Å². The molecule has 1 heterocycles. The van der Waals surface area contributed by atoms with Crippen LogP contribution in [0.1, 0.15) is 12.6 Å². The number of hydrogen-bond acceptors (Lipinski definition) is 6. The lowest BCUT2D eigenvalue weighted by Gasteiger charge is -2.24. The Morgan fingerprint density at radius 1 is 1.10 bits per heavy atom. The molecule has 0 aliphatic heterocycles. The van der Waals surface area contributed by atoms with Crippen LogP contribution in [0.25, 0.3) is 0 Å². The zero-order chi connectivity index (χ0) is 22.8. The number of carbonyl (C=O) groups is 2. The number of thiazole rings is 1. The van der Waals surface area contributed by atoms with Crippen LogP contribution in [0.15, 0.2) is 57.2 Å². The van der Waals surface area contributed by atoms with E-state index in [4.69, 9.17) is 5.73 Å². The van der Waals surface area contributed by atoms with Gasteiger partial charge in [-0.05, 0) is 47.1 Å². The van der Waals surface area contributed by atoms with E-state index in [9.17, 15) is 18.0 Å². The molecule has 2 aromatic carbocycles. The number of carbonyl (C=O) groups excluding carboxylic acids is 2. The Morgan fingerprint density at radius 3 is 2.32 bits per heavy atom. The molecule has 4 N–H and O–H groups in total. The van der Waals surface area contributed by atoms with Gasteiger partial charge in [-0.15, -0.1) is 0 Å². The molecule has 0 atom stereocenters. The number of nitrogens with zero attached hydrogens (tertiary/aromatic N) is 2. The van der Waals surface area contributed by atoms with Gasteiger partial charge in [-0.2, -0.15) is 0 Å². The number of amides is 3. The maximum Gasteiger partial charge on any atom is 0.323 e. The maximum atomic E-state index is 13.1. The number of aryl methyl sites for hydroxylation is 1. The summed E-state index contributed by atoms with van der Waals surface area (Å²) in [7, 11) is -4.07. The van der Waals surface area contributed by atoms with Gasteiger partial charge < -0.3 is 11.1 Å². The number of anilines is 4. The highest BCUT2D eigenvalue weighted by Crippen LogP contribution is 2.37. The molecule has 1 aromatic heterocycles. The molecule has 0 radical (unpaired) electrons. The number of urea groups is 1. The number of primary amides is 1. The SMILES string of the molecule is CC(=O)Nc1nc(C)c(S(=O)(=O)Nc2ccccc2N(C(N)=O)c2ccccc2Br)s1. The summed E-state index contributed by atoms with van der Waals surface area (Å²) in [5.74, 6) is -0.360. The Bertz CT molecular complexity index is 1260. The van der Waals surface area contributed by atoms with E-state index in [1.54, 1.807) is 42.5 Å². The van der Waals surface area contributed by atoms with Crippen LogP contribution in [-0.4, -0.2) is 25.3 Å². The Morgan fingerprint density at radius 2 is 1.71 bits per heavy atom. The van der Waals surface area contributed by atoms with Gasteiger partial charge in [0, 0.05) is 11.4 Å². The van der Waals surface area contributed by atoms with Crippen LogP contribution < -0.4 is 20.7 Å². The Hall–Kier alpha value is -2.96. The molecule has 0 saturated heterocycles. The van der Waals surface area contributed by atoms with Crippen molar-refractivity contribution in [3.05, 3.63) is 58.7 Å². The smallest absolute Gasteiger partial charge is 0.323 e. The summed E-state index contributed by atoms with van der Waals surface area (Å²) in [5, 5.41) is 2.65. The largest absolute Gasteiger partial charge is 0.351 e. The van der Waals surface area contributed by atoms with Gasteiger partial charge in [0.2, 0.25) is 5.91 Å². The fourth-order valence-corrected chi connectivity index (χ4v) is 5.78. The Labute approximate surface area is 191 Å². The summed E-state index contributed by atoms with van der Waals surface area (Å²) in [4.78, 5) is 28.8. The van der Waals surface area contributed by atoms with Crippen LogP contribution in [0.4, 0.5) is 27.0 Å². The van der Waals surface area contributed by atoms with E-state index in [0.29, 0.717) is 10.2 Å². The standard InChI is InChI=1S/C19H18BrN5O4S2/c1-11-17(30-19(22-11)23-12(2)26)31(28,29)24-14-8-4-6-10-16(14)25(18(21)27)15-9-5-3-7-13(15)20/h3-10,24H,1-2H3,(H2,21,27)(H,22,23,26). The van der Waals surface area contributed by atoms with Gasteiger partial charge in [0.05, 0.1) is 22.8 Å². The fraction of sp³-hybridized carbons (Fsp3) is 0.105. The molecule has 31 heavy (non-hydrogen) atoms. The predicted molar refractivity (Wildman–Crippen MR) is 124 cm³/mol. The molecule has 0 spiro atoms. The Kier molecular flexibility index (Phi) is 6.62.